The van der Waals surface area contributed by atoms with Crippen LogP contribution in [0.5, 0.6) is 5.75 Å². The van der Waals surface area contributed by atoms with Gasteiger partial charge in [-0.15, -0.1) is 5.10 Å². The summed E-state index contributed by atoms with van der Waals surface area (Å²) in [7, 11) is 1.56. The van der Waals surface area contributed by atoms with Gasteiger partial charge in [-0.2, -0.15) is 0 Å². The maximum absolute atomic E-state index is 12.6. The van der Waals surface area contributed by atoms with Gasteiger partial charge in [0.05, 0.1) is 35.4 Å². The number of carbonyl (C=O) groups excluding carboxylic acids is 1. The van der Waals surface area contributed by atoms with Crippen molar-refractivity contribution < 1.29 is 9.53 Å². The normalized spacial score (nSPS) is 10.6. The quantitative estimate of drug-likeness (QED) is 0.486. The number of nitrogens with one attached hydrogen (secondary N) is 1. The molecule has 0 fully saturated rings. The van der Waals surface area contributed by atoms with Crippen LogP contribution >= 0.6 is 11.6 Å². The summed E-state index contributed by atoms with van der Waals surface area (Å²) in [5, 5.41) is 11.5. The minimum atomic E-state index is -0.269. The monoisotopic (exact) mass is 418 g/mol. The first-order chi connectivity index (χ1) is 14.5. The number of hydrogen-bond acceptors (Lipinski definition) is 4. The SMILES string of the molecule is COc1ccc(Cl)c(NC(=O)c2ccc(-n3nncc3-c3ccc(C)cc3)cc2)c1. The molecule has 0 saturated carbocycles. The molecule has 1 aromatic heterocycles. The van der Waals surface area contributed by atoms with Gasteiger partial charge in [-0.1, -0.05) is 46.6 Å². The second kappa shape index (κ2) is 8.39. The summed E-state index contributed by atoms with van der Waals surface area (Å²) < 4.78 is 6.92. The maximum atomic E-state index is 12.6. The second-order valence-electron chi connectivity index (χ2n) is 6.74. The molecule has 30 heavy (non-hydrogen) atoms. The summed E-state index contributed by atoms with van der Waals surface area (Å²) in [6.45, 7) is 2.04. The molecule has 0 saturated heterocycles. The molecule has 0 aliphatic rings. The van der Waals surface area contributed by atoms with E-state index in [1.165, 1.54) is 5.56 Å². The van der Waals surface area contributed by atoms with Crippen molar-refractivity contribution in [2.75, 3.05) is 12.4 Å². The van der Waals surface area contributed by atoms with Gasteiger partial charge in [-0.05, 0) is 43.3 Å². The van der Waals surface area contributed by atoms with E-state index in [0.29, 0.717) is 22.0 Å². The summed E-state index contributed by atoms with van der Waals surface area (Å²) in [6.07, 6.45) is 1.72. The second-order valence-corrected chi connectivity index (χ2v) is 7.15. The molecule has 1 heterocycles. The fourth-order valence-electron chi connectivity index (χ4n) is 3.02. The van der Waals surface area contributed by atoms with E-state index in [4.69, 9.17) is 16.3 Å². The van der Waals surface area contributed by atoms with Gasteiger partial charge >= 0.3 is 0 Å². The number of anilines is 1. The lowest BCUT2D eigenvalue weighted by Gasteiger charge is -2.10. The molecule has 3 aromatic carbocycles. The summed E-state index contributed by atoms with van der Waals surface area (Å²) >= 11 is 6.17. The number of carbonyl (C=O) groups is 1. The van der Waals surface area contributed by atoms with Crippen molar-refractivity contribution in [2.45, 2.75) is 6.92 Å². The fourth-order valence-corrected chi connectivity index (χ4v) is 3.19. The number of hydrogen-bond donors (Lipinski definition) is 1. The van der Waals surface area contributed by atoms with Gasteiger partial charge in [0, 0.05) is 17.2 Å². The molecule has 0 unspecified atom stereocenters. The molecule has 7 heteroatoms. The van der Waals surface area contributed by atoms with E-state index in [1.807, 2.05) is 43.3 Å². The van der Waals surface area contributed by atoms with Crippen molar-refractivity contribution in [3.8, 4) is 22.7 Å². The first-order valence-corrected chi connectivity index (χ1v) is 9.66. The fraction of sp³-hybridized carbons (Fsp3) is 0.0870. The van der Waals surface area contributed by atoms with Crippen LogP contribution in [0.2, 0.25) is 5.02 Å². The topological polar surface area (TPSA) is 69.0 Å². The molecule has 4 rings (SSSR count). The first kappa shape index (κ1) is 19.7. The van der Waals surface area contributed by atoms with Crippen LogP contribution in [-0.2, 0) is 0 Å². The standard InChI is InChI=1S/C23H19ClN4O2/c1-15-3-5-16(6-4-15)22-14-25-27-28(22)18-9-7-17(8-10-18)23(29)26-21-13-19(30-2)11-12-20(21)24/h3-14H,1-2H3,(H,26,29). The average Bonchev–Trinajstić information content (AvgIpc) is 3.26. The Morgan fingerprint density at radius 1 is 1.03 bits per heavy atom. The van der Waals surface area contributed by atoms with Crippen molar-refractivity contribution in [1.82, 2.24) is 15.0 Å². The third-order valence-electron chi connectivity index (χ3n) is 4.69. The zero-order valence-electron chi connectivity index (χ0n) is 16.5. The van der Waals surface area contributed by atoms with Crippen LogP contribution in [0.4, 0.5) is 5.69 Å². The first-order valence-electron chi connectivity index (χ1n) is 9.28. The number of rotatable bonds is 5. The molecule has 0 aliphatic heterocycles. The minimum absolute atomic E-state index is 0.269. The Balaban J connectivity index is 1.56. The third kappa shape index (κ3) is 4.04. The largest absolute Gasteiger partial charge is 0.497 e. The number of aryl methyl sites for hydroxylation is 1. The van der Waals surface area contributed by atoms with Crippen molar-refractivity contribution in [3.63, 3.8) is 0 Å². The van der Waals surface area contributed by atoms with Crippen molar-refractivity contribution >= 4 is 23.2 Å². The van der Waals surface area contributed by atoms with Crippen LogP contribution in [0.25, 0.3) is 16.9 Å². The number of methoxy groups -OCH3 is 1. The molecule has 6 nitrogen and oxygen atoms in total. The van der Waals surface area contributed by atoms with Gasteiger partial charge in [0.2, 0.25) is 0 Å². The van der Waals surface area contributed by atoms with E-state index in [9.17, 15) is 4.79 Å². The zero-order valence-corrected chi connectivity index (χ0v) is 17.2. The molecule has 0 aliphatic carbocycles. The zero-order chi connectivity index (χ0) is 21.1. The molecular weight excluding hydrogens is 400 g/mol. The average molecular weight is 419 g/mol. The molecule has 1 N–H and O–H groups in total. The van der Waals surface area contributed by atoms with E-state index in [0.717, 1.165) is 16.9 Å². The van der Waals surface area contributed by atoms with Gasteiger partial charge in [-0.3, -0.25) is 4.79 Å². The minimum Gasteiger partial charge on any atom is -0.497 e. The van der Waals surface area contributed by atoms with Crippen LogP contribution in [0, 0.1) is 6.92 Å². The maximum Gasteiger partial charge on any atom is 0.255 e. The molecule has 0 spiro atoms. The lowest BCUT2D eigenvalue weighted by Crippen LogP contribution is -2.12. The van der Waals surface area contributed by atoms with E-state index in [1.54, 1.807) is 48.3 Å². The Morgan fingerprint density at radius 3 is 2.47 bits per heavy atom. The highest BCUT2D eigenvalue weighted by Gasteiger charge is 2.12. The van der Waals surface area contributed by atoms with Crippen molar-refractivity contribution in [3.05, 3.63) is 89.1 Å². The number of aromatic nitrogens is 3. The summed E-state index contributed by atoms with van der Waals surface area (Å²) in [5.41, 5.74) is 4.86. The van der Waals surface area contributed by atoms with Gasteiger partial charge in [0.1, 0.15) is 5.75 Å². The van der Waals surface area contributed by atoms with E-state index >= 15 is 0 Å². The molecule has 0 radical (unpaired) electrons. The van der Waals surface area contributed by atoms with E-state index in [-0.39, 0.29) is 5.91 Å². The van der Waals surface area contributed by atoms with Crippen LogP contribution in [0.15, 0.2) is 72.9 Å². The Hall–Kier alpha value is -3.64. The summed E-state index contributed by atoms with van der Waals surface area (Å²) in [5.74, 6) is 0.342. The highest BCUT2D eigenvalue weighted by molar-refractivity contribution is 6.34. The number of halogens is 1. The Labute approximate surface area is 179 Å². The van der Waals surface area contributed by atoms with Crippen LogP contribution < -0.4 is 10.1 Å². The van der Waals surface area contributed by atoms with Crippen molar-refractivity contribution in [2.24, 2.45) is 0 Å². The smallest absolute Gasteiger partial charge is 0.255 e. The lowest BCUT2D eigenvalue weighted by atomic mass is 10.1. The summed E-state index contributed by atoms with van der Waals surface area (Å²) in [4.78, 5) is 12.6. The Bertz CT molecular complexity index is 1180. The molecule has 0 atom stereocenters. The van der Waals surface area contributed by atoms with Crippen LogP contribution in [0.3, 0.4) is 0 Å². The Morgan fingerprint density at radius 2 is 1.77 bits per heavy atom. The van der Waals surface area contributed by atoms with E-state index in [2.05, 4.69) is 15.6 Å². The highest BCUT2D eigenvalue weighted by atomic mass is 35.5. The predicted octanol–water partition coefficient (Wildman–Crippen LogP) is 5.16. The summed E-state index contributed by atoms with van der Waals surface area (Å²) in [6, 6.07) is 20.4. The number of benzene rings is 3. The Kier molecular flexibility index (Phi) is 5.50. The third-order valence-corrected chi connectivity index (χ3v) is 5.02. The number of nitrogens with zero attached hydrogens (tertiary/aromatic N) is 3. The molecule has 150 valence electrons. The van der Waals surface area contributed by atoms with Crippen LogP contribution in [0.1, 0.15) is 15.9 Å². The van der Waals surface area contributed by atoms with Crippen molar-refractivity contribution in [1.29, 1.82) is 0 Å². The van der Waals surface area contributed by atoms with Gasteiger partial charge < -0.3 is 10.1 Å². The number of amides is 1. The number of ether oxygens (including phenoxy) is 1. The highest BCUT2D eigenvalue weighted by Crippen LogP contribution is 2.27. The molecule has 4 aromatic rings. The van der Waals surface area contributed by atoms with Crippen LogP contribution in [-0.4, -0.2) is 28.0 Å². The van der Waals surface area contributed by atoms with Gasteiger partial charge in [-0.25, -0.2) is 4.68 Å². The lowest BCUT2D eigenvalue weighted by molar-refractivity contribution is 0.102. The molecular formula is C23H19ClN4O2. The molecule has 0 bridgehead atoms. The van der Waals surface area contributed by atoms with E-state index < -0.39 is 0 Å². The predicted molar refractivity (Wildman–Crippen MR) is 117 cm³/mol. The van der Waals surface area contributed by atoms with Gasteiger partial charge in [0.15, 0.2) is 0 Å². The van der Waals surface area contributed by atoms with Gasteiger partial charge in [0.25, 0.3) is 5.91 Å². The molecule has 1 amide bonds.